The molecule has 0 amide bonds. The fraction of sp³-hybridized carbons (Fsp3) is 0.462. The maximum absolute atomic E-state index is 10.1. The lowest BCUT2D eigenvalue weighted by atomic mass is 10.1. The molecule has 1 rings (SSSR count). The Balaban J connectivity index is 0.000000487. The maximum Gasteiger partial charge on any atom is 0.120 e. The third-order valence-corrected chi connectivity index (χ3v) is 1.81. The lowest BCUT2D eigenvalue weighted by molar-refractivity contribution is -0.107. The molecule has 0 radical (unpaired) electrons. The summed E-state index contributed by atoms with van der Waals surface area (Å²) >= 11 is 0. The minimum absolute atomic E-state index is 0.310. The summed E-state index contributed by atoms with van der Waals surface area (Å²) in [5.41, 5.74) is 7.07. The van der Waals surface area contributed by atoms with Gasteiger partial charge in [0.25, 0.3) is 0 Å². The van der Waals surface area contributed by atoms with E-state index in [1.165, 1.54) is 0 Å². The van der Waals surface area contributed by atoms with Gasteiger partial charge in [0.2, 0.25) is 0 Å². The van der Waals surface area contributed by atoms with Gasteiger partial charge >= 0.3 is 0 Å². The third kappa shape index (κ3) is 7.01. The minimum atomic E-state index is 0.310. The van der Waals surface area contributed by atoms with E-state index >= 15 is 0 Å². The summed E-state index contributed by atoms with van der Waals surface area (Å²) in [6, 6.07) is 5.74. The predicted molar refractivity (Wildman–Crippen MR) is 66.6 cm³/mol. The average Bonchev–Trinajstić information content (AvgIpc) is 2.19. The third-order valence-electron chi connectivity index (χ3n) is 1.81. The molecule has 0 unspecified atom stereocenters. The van der Waals surface area contributed by atoms with Gasteiger partial charge in [-0.2, -0.15) is 0 Å². The highest BCUT2D eigenvalue weighted by Crippen LogP contribution is 2.17. The van der Waals surface area contributed by atoms with E-state index in [4.69, 9.17) is 5.73 Å². The number of aldehydes is 1. The number of hydrogen-bond donors (Lipinski definition) is 2. The zero-order chi connectivity index (χ0) is 12.6. The van der Waals surface area contributed by atoms with E-state index in [0.29, 0.717) is 18.2 Å². The molecule has 0 aromatic heterocycles. The van der Waals surface area contributed by atoms with Crippen molar-refractivity contribution >= 4 is 6.29 Å². The lowest BCUT2D eigenvalue weighted by Crippen LogP contribution is -2.06. The number of nitrogens with two attached hydrogens (primary N) is 1. The fourth-order valence-corrected chi connectivity index (χ4v) is 1.10. The molecule has 0 bridgehead atoms. The van der Waals surface area contributed by atoms with Gasteiger partial charge in [0.05, 0.1) is 0 Å². The SMILES string of the molecule is CC(C)N.Cc1cc(CCC=O)ccc1O. The monoisotopic (exact) mass is 223 g/mol. The fourth-order valence-electron chi connectivity index (χ4n) is 1.10. The quantitative estimate of drug-likeness (QED) is 0.772. The summed E-state index contributed by atoms with van der Waals surface area (Å²) < 4.78 is 0. The summed E-state index contributed by atoms with van der Waals surface area (Å²) in [6.07, 6.45) is 2.21. The highest BCUT2D eigenvalue weighted by Gasteiger charge is 1.97. The molecule has 1 aromatic rings. The van der Waals surface area contributed by atoms with Gasteiger partial charge in [-0.25, -0.2) is 0 Å². The number of phenols is 1. The van der Waals surface area contributed by atoms with Gasteiger partial charge < -0.3 is 15.6 Å². The van der Waals surface area contributed by atoms with Gasteiger partial charge in [0.1, 0.15) is 12.0 Å². The molecule has 0 atom stereocenters. The highest BCUT2D eigenvalue weighted by atomic mass is 16.3. The standard InChI is InChI=1S/C10H12O2.C3H9N/c1-8-7-9(3-2-6-11)4-5-10(8)12;1-3(2)4/h4-7,12H,2-3H2,1H3;3H,4H2,1-2H3. The second-order valence-electron chi connectivity index (χ2n) is 4.07. The molecule has 0 aliphatic rings. The van der Waals surface area contributed by atoms with Crippen molar-refractivity contribution in [3.63, 3.8) is 0 Å². The molecular weight excluding hydrogens is 202 g/mol. The van der Waals surface area contributed by atoms with Crippen LogP contribution in [0.4, 0.5) is 0 Å². The Bertz CT molecular complexity index is 319. The Morgan fingerprint density at radius 3 is 2.44 bits per heavy atom. The molecule has 90 valence electrons. The minimum Gasteiger partial charge on any atom is -0.508 e. The van der Waals surface area contributed by atoms with Crippen molar-refractivity contribution in [2.24, 2.45) is 5.73 Å². The number of hydrogen-bond acceptors (Lipinski definition) is 3. The van der Waals surface area contributed by atoms with Crippen LogP contribution in [-0.4, -0.2) is 17.4 Å². The lowest BCUT2D eigenvalue weighted by Gasteiger charge is -2.01. The molecule has 16 heavy (non-hydrogen) atoms. The van der Waals surface area contributed by atoms with E-state index in [0.717, 1.165) is 23.8 Å². The average molecular weight is 223 g/mol. The van der Waals surface area contributed by atoms with Gasteiger partial charge in [-0.15, -0.1) is 0 Å². The van der Waals surface area contributed by atoms with Gasteiger partial charge in [-0.3, -0.25) is 0 Å². The zero-order valence-electron chi connectivity index (χ0n) is 10.2. The number of aryl methyl sites for hydroxylation is 2. The Morgan fingerprint density at radius 1 is 1.44 bits per heavy atom. The van der Waals surface area contributed by atoms with Crippen LogP contribution in [0.25, 0.3) is 0 Å². The van der Waals surface area contributed by atoms with E-state index in [-0.39, 0.29) is 0 Å². The smallest absolute Gasteiger partial charge is 0.120 e. The molecule has 0 aliphatic heterocycles. The second-order valence-corrected chi connectivity index (χ2v) is 4.07. The molecule has 0 saturated carbocycles. The summed E-state index contributed by atoms with van der Waals surface area (Å²) in [5.74, 6) is 0.310. The van der Waals surface area contributed by atoms with Crippen LogP contribution in [0.15, 0.2) is 18.2 Å². The molecule has 0 heterocycles. The number of aromatic hydroxyl groups is 1. The maximum atomic E-state index is 10.1. The van der Waals surface area contributed by atoms with Crippen molar-refractivity contribution in [3.8, 4) is 5.75 Å². The van der Waals surface area contributed by atoms with Gasteiger partial charge in [-0.1, -0.05) is 26.0 Å². The summed E-state index contributed by atoms with van der Waals surface area (Å²) in [4.78, 5) is 10.1. The van der Waals surface area contributed by atoms with Crippen molar-refractivity contribution in [3.05, 3.63) is 29.3 Å². The van der Waals surface area contributed by atoms with Gasteiger partial charge in [-0.05, 0) is 36.6 Å². The molecule has 1 aromatic carbocycles. The van der Waals surface area contributed by atoms with E-state index in [1.807, 2.05) is 32.9 Å². The van der Waals surface area contributed by atoms with Crippen LogP contribution in [0.2, 0.25) is 0 Å². The first-order valence-electron chi connectivity index (χ1n) is 5.45. The van der Waals surface area contributed by atoms with E-state index in [2.05, 4.69) is 0 Å². The Morgan fingerprint density at radius 2 is 2.00 bits per heavy atom. The van der Waals surface area contributed by atoms with Crippen LogP contribution >= 0.6 is 0 Å². The first-order valence-corrected chi connectivity index (χ1v) is 5.45. The van der Waals surface area contributed by atoms with Crippen molar-refractivity contribution in [2.75, 3.05) is 0 Å². The van der Waals surface area contributed by atoms with E-state index in [1.54, 1.807) is 6.07 Å². The topological polar surface area (TPSA) is 63.3 Å². The van der Waals surface area contributed by atoms with Crippen molar-refractivity contribution in [1.29, 1.82) is 0 Å². The van der Waals surface area contributed by atoms with Crippen molar-refractivity contribution in [2.45, 2.75) is 39.7 Å². The summed E-state index contributed by atoms with van der Waals surface area (Å²) in [6.45, 7) is 5.74. The van der Waals surface area contributed by atoms with Crippen LogP contribution in [0.1, 0.15) is 31.4 Å². The van der Waals surface area contributed by atoms with Crippen LogP contribution in [0, 0.1) is 6.92 Å². The number of benzene rings is 1. The van der Waals surface area contributed by atoms with Gasteiger partial charge in [0, 0.05) is 6.42 Å². The number of carbonyl (C=O) groups excluding carboxylic acids is 1. The molecule has 3 heteroatoms. The van der Waals surface area contributed by atoms with Crippen molar-refractivity contribution < 1.29 is 9.90 Å². The Hall–Kier alpha value is -1.35. The van der Waals surface area contributed by atoms with Crippen LogP contribution in [0.5, 0.6) is 5.75 Å². The Kier molecular flexibility index (Phi) is 7.21. The largest absolute Gasteiger partial charge is 0.508 e. The molecule has 0 fully saturated rings. The van der Waals surface area contributed by atoms with Crippen LogP contribution in [-0.2, 0) is 11.2 Å². The zero-order valence-corrected chi connectivity index (χ0v) is 10.2. The first kappa shape index (κ1) is 14.6. The first-order chi connectivity index (χ1) is 7.47. The van der Waals surface area contributed by atoms with Gasteiger partial charge in [0.15, 0.2) is 0 Å². The Labute approximate surface area is 97.3 Å². The van der Waals surface area contributed by atoms with E-state index < -0.39 is 0 Å². The van der Waals surface area contributed by atoms with Crippen LogP contribution < -0.4 is 5.73 Å². The molecule has 3 nitrogen and oxygen atoms in total. The summed E-state index contributed by atoms with van der Waals surface area (Å²) in [7, 11) is 0. The molecule has 3 N–H and O–H groups in total. The molecule has 0 saturated heterocycles. The van der Waals surface area contributed by atoms with E-state index in [9.17, 15) is 9.90 Å². The van der Waals surface area contributed by atoms with Crippen molar-refractivity contribution in [1.82, 2.24) is 0 Å². The molecule has 0 aliphatic carbocycles. The van der Waals surface area contributed by atoms with Crippen LogP contribution in [0.3, 0.4) is 0 Å². The number of phenolic OH excluding ortho intramolecular Hbond substituents is 1. The second kappa shape index (κ2) is 7.88. The number of rotatable bonds is 3. The predicted octanol–water partition coefficient (Wildman–Crippen LogP) is 2.19. The highest BCUT2D eigenvalue weighted by molar-refractivity contribution is 5.50. The molecular formula is C13H21NO2. The number of carbonyl (C=O) groups is 1. The normalized spacial score (nSPS) is 9.56. The summed E-state index contributed by atoms with van der Waals surface area (Å²) in [5, 5.41) is 9.20. The molecule has 0 spiro atoms.